The van der Waals surface area contributed by atoms with E-state index in [2.05, 4.69) is 15.2 Å². The quantitative estimate of drug-likeness (QED) is 0.724. The lowest BCUT2D eigenvalue weighted by molar-refractivity contribution is 0.286. The molecule has 0 fully saturated rings. The predicted octanol–water partition coefficient (Wildman–Crippen LogP) is 3.19. The Kier molecular flexibility index (Phi) is 3.87. The Bertz CT molecular complexity index is 721. The van der Waals surface area contributed by atoms with Gasteiger partial charge in [-0.3, -0.25) is 4.68 Å². The van der Waals surface area contributed by atoms with Gasteiger partial charge in [0.05, 0.1) is 12.4 Å². The minimum Gasteiger partial charge on any atom is -0.482 e. The number of halogens is 1. The molecule has 21 heavy (non-hydrogen) atoms. The van der Waals surface area contributed by atoms with E-state index in [1.54, 1.807) is 23.0 Å². The number of benzene rings is 1. The minimum atomic E-state index is 0.229. The van der Waals surface area contributed by atoms with Gasteiger partial charge in [0.2, 0.25) is 5.82 Å². The summed E-state index contributed by atoms with van der Waals surface area (Å²) >= 11 is 5.84. The third kappa shape index (κ3) is 3.22. The molecule has 7 heteroatoms. The van der Waals surface area contributed by atoms with Gasteiger partial charge in [-0.2, -0.15) is 10.1 Å². The second kappa shape index (κ2) is 5.97. The maximum atomic E-state index is 5.84. The summed E-state index contributed by atoms with van der Waals surface area (Å²) in [5, 5.41) is 8.67. The van der Waals surface area contributed by atoms with Gasteiger partial charge < -0.3 is 9.26 Å². The van der Waals surface area contributed by atoms with Crippen molar-refractivity contribution in [3.05, 3.63) is 47.5 Å². The topological polar surface area (TPSA) is 66.0 Å². The van der Waals surface area contributed by atoms with Crippen molar-refractivity contribution < 1.29 is 9.26 Å². The normalized spacial score (nSPS) is 10.8. The first kappa shape index (κ1) is 13.6. The van der Waals surface area contributed by atoms with Crippen LogP contribution in [0.3, 0.4) is 0 Å². The number of ether oxygens (including phenoxy) is 1. The third-order valence-corrected chi connectivity index (χ3v) is 3.11. The summed E-state index contributed by atoms with van der Waals surface area (Å²) in [5.41, 5.74) is 0.817. The molecule has 3 rings (SSSR count). The van der Waals surface area contributed by atoms with Gasteiger partial charge in [-0.15, -0.1) is 0 Å². The lowest BCUT2D eigenvalue weighted by Gasteiger charge is -1.97. The number of hydrogen-bond donors (Lipinski definition) is 0. The molecular formula is C14H13ClN4O2. The molecule has 0 radical (unpaired) electrons. The van der Waals surface area contributed by atoms with Crippen molar-refractivity contribution in [3.8, 4) is 17.2 Å². The van der Waals surface area contributed by atoms with Crippen molar-refractivity contribution in [1.29, 1.82) is 0 Å². The minimum absolute atomic E-state index is 0.229. The molecule has 2 heterocycles. The summed E-state index contributed by atoms with van der Waals surface area (Å²) in [4.78, 5) is 4.28. The Morgan fingerprint density at radius 2 is 2.10 bits per heavy atom. The van der Waals surface area contributed by atoms with Crippen LogP contribution in [-0.4, -0.2) is 19.9 Å². The molecule has 0 aliphatic carbocycles. The van der Waals surface area contributed by atoms with Gasteiger partial charge in [0.15, 0.2) is 12.4 Å². The van der Waals surface area contributed by atoms with Gasteiger partial charge in [0.25, 0.3) is 5.89 Å². The van der Waals surface area contributed by atoms with Crippen LogP contribution in [0.2, 0.25) is 5.02 Å². The van der Waals surface area contributed by atoms with Gasteiger partial charge in [-0.05, 0) is 31.2 Å². The van der Waals surface area contributed by atoms with Crippen LogP contribution in [0.4, 0.5) is 0 Å². The van der Waals surface area contributed by atoms with E-state index in [1.165, 1.54) is 0 Å². The first-order chi connectivity index (χ1) is 10.2. The number of aromatic nitrogens is 4. The highest BCUT2D eigenvalue weighted by Crippen LogP contribution is 2.20. The largest absolute Gasteiger partial charge is 0.482 e. The average molecular weight is 305 g/mol. The molecule has 6 nitrogen and oxygen atoms in total. The summed E-state index contributed by atoms with van der Waals surface area (Å²) in [6.45, 7) is 3.03. The van der Waals surface area contributed by atoms with E-state index < -0.39 is 0 Å². The van der Waals surface area contributed by atoms with Crippen LogP contribution in [0.5, 0.6) is 5.75 Å². The summed E-state index contributed by atoms with van der Waals surface area (Å²) in [6.07, 6.45) is 3.48. The van der Waals surface area contributed by atoms with E-state index >= 15 is 0 Å². The highest BCUT2D eigenvalue weighted by Gasteiger charge is 2.09. The molecule has 108 valence electrons. The van der Waals surface area contributed by atoms with Crippen molar-refractivity contribution in [1.82, 2.24) is 19.9 Å². The zero-order chi connectivity index (χ0) is 14.7. The third-order valence-electron chi connectivity index (χ3n) is 2.86. The molecule has 0 spiro atoms. The zero-order valence-corrected chi connectivity index (χ0v) is 12.1. The molecular weight excluding hydrogens is 292 g/mol. The first-order valence-corrected chi connectivity index (χ1v) is 6.86. The van der Waals surface area contributed by atoms with Crippen molar-refractivity contribution in [2.75, 3.05) is 0 Å². The van der Waals surface area contributed by atoms with E-state index in [-0.39, 0.29) is 6.61 Å². The van der Waals surface area contributed by atoms with Crippen LogP contribution in [0, 0.1) is 0 Å². The van der Waals surface area contributed by atoms with Crippen molar-refractivity contribution in [2.45, 2.75) is 20.1 Å². The second-order valence-corrected chi connectivity index (χ2v) is 4.78. The molecule has 0 aliphatic heterocycles. The van der Waals surface area contributed by atoms with Gasteiger partial charge in [0, 0.05) is 17.1 Å². The Balaban J connectivity index is 1.66. The van der Waals surface area contributed by atoms with Gasteiger partial charge in [0.1, 0.15) is 0 Å². The van der Waals surface area contributed by atoms with Gasteiger partial charge in [-0.1, -0.05) is 16.8 Å². The standard InChI is InChI=1S/C14H13ClN4O2/c1-2-19-8-12(7-16-19)20-9-13-17-14(21-18-13)10-3-5-11(15)6-4-10/h3-8H,2,9H2,1H3. The van der Waals surface area contributed by atoms with E-state index in [0.29, 0.717) is 22.5 Å². The van der Waals surface area contributed by atoms with E-state index in [9.17, 15) is 0 Å². The SMILES string of the molecule is CCn1cc(OCc2noc(-c3ccc(Cl)cc3)n2)cn1. The number of hydrogen-bond acceptors (Lipinski definition) is 5. The smallest absolute Gasteiger partial charge is 0.258 e. The first-order valence-electron chi connectivity index (χ1n) is 6.48. The molecule has 0 aliphatic rings. The fourth-order valence-corrected chi connectivity index (χ4v) is 1.89. The van der Waals surface area contributed by atoms with Crippen LogP contribution >= 0.6 is 11.6 Å². The van der Waals surface area contributed by atoms with E-state index in [1.807, 2.05) is 25.3 Å². The molecule has 3 aromatic rings. The predicted molar refractivity (Wildman–Crippen MR) is 77.0 cm³/mol. The molecule has 0 saturated carbocycles. The van der Waals surface area contributed by atoms with Crippen LogP contribution in [-0.2, 0) is 13.2 Å². The summed E-state index contributed by atoms with van der Waals surface area (Å²) in [7, 11) is 0. The Hall–Kier alpha value is -2.34. The summed E-state index contributed by atoms with van der Waals surface area (Å²) < 4.78 is 12.5. The number of aryl methyl sites for hydroxylation is 1. The van der Waals surface area contributed by atoms with Crippen molar-refractivity contribution in [2.24, 2.45) is 0 Å². The van der Waals surface area contributed by atoms with Crippen molar-refractivity contribution in [3.63, 3.8) is 0 Å². The molecule has 0 atom stereocenters. The lowest BCUT2D eigenvalue weighted by atomic mass is 10.2. The van der Waals surface area contributed by atoms with Crippen LogP contribution < -0.4 is 4.74 Å². The average Bonchev–Trinajstić information content (AvgIpc) is 3.15. The zero-order valence-electron chi connectivity index (χ0n) is 11.4. The molecule has 0 bridgehead atoms. The highest BCUT2D eigenvalue weighted by molar-refractivity contribution is 6.30. The molecule has 0 amide bonds. The van der Waals surface area contributed by atoms with Crippen LogP contribution in [0.25, 0.3) is 11.5 Å². The maximum absolute atomic E-state index is 5.84. The molecule has 2 aromatic heterocycles. The number of nitrogens with zero attached hydrogens (tertiary/aromatic N) is 4. The van der Waals surface area contributed by atoms with E-state index in [0.717, 1.165) is 12.1 Å². The summed E-state index contributed by atoms with van der Waals surface area (Å²) in [5.74, 6) is 1.59. The molecule has 0 saturated heterocycles. The monoisotopic (exact) mass is 304 g/mol. The fourth-order valence-electron chi connectivity index (χ4n) is 1.76. The van der Waals surface area contributed by atoms with Gasteiger partial charge in [-0.25, -0.2) is 0 Å². The maximum Gasteiger partial charge on any atom is 0.258 e. The second-order valence-electron chi connectivity index (χ2n) is 4.34. The molecule has 0 unspecified atom stereocenters. The highest BCUT2D eigenvalue weighted by atomic mass is 35.5. The van der Waals surface area contributed by atoms with Crippen molar-refractivity contribution >= 4 is 11.6 Å². The fraction of sp³-hybridized carbons (Fsp3) is 0.214. The lowest BCUT2D eigenvalue weighted by Crippen LogP contribution is -1.97. The number of rotatable bonds is 5. The molecule has 0 N–H and O–H groups in total. The van der Waals surface area contributed by atoms with Gasteiger partial charge >= 0.3 is 0 Å². The Labute approximate surface area is 126 Å². The van der Waals surface area contributed by atoms with E-state index in [4.69, 9.17) is 20.9 Å². The van der Waals surface area contributed by atoms with Crippen LogP contribution in [0.15, 0.2) is 41.2 Å². The summed E-state index contributed by atoms with van der Waals surface area (Å²) in [6, 6.07) is 7.20. The Morgan fingerprint density at radius 1 is 1.29 bits per heavy atom. The molecule has 1 aromatic carbocycles. The van der Waals surface area contributed by atoms with Crippen LogP contribution in [0.1, 0.15) is 12.7 Å². The Morgan fingerprint density at radius 3 is 2.81 bits per heavy atom.